The second-order valence-corrected chi connectivity index (χ2v) is 9.41. The maximum Gasteiger partial charge on any atom is 0.421 e. The van der Waals surface area contributed by atoms with Crippen molar-refractivity contribution in [3.05, 3.63) is 0 Å². The molecule has 0 rings (SSSR count). The van der Waals surface area contributed by atoms with Gasteiger partial charge in [0.2, 0.25) is 0 Å². The minimum atomic E-state index is -0.533. The van der Waals surface area contributed by atoms with Crippen LogP contribution in [0.4, 0.5) is 4.79 Å². The average molecular weight is 441 g/mol. The topological polar surface area (TPSA) is 64.3 Å². The molecular formula is C27H56N2O2. The number of hydrogen-bond acceptors (Lipinski definition) is 3. The Balaban J connectivity index is 3.01. The number of ether oxygens (including phenoxy) is 1. The van der Waals surface area contributed by atoms with Crippen LogP contribution in [0.15, 0.2) is 0 Å². The molecule has 0 fully saturated rings. The van der Waals surface area contributed by atoms with E-state index in [4.69, 9.17) is 10.6 Å². The van der Waals surface area contributed by atoms with Gasteiger partial charge in [-0.2, -0.15) is 0 Å². The molecule has 0 radical (unpaired) electrons. The minimum Gasteiger partial charge on any atom is -0.449 e. The Morgan fingerprint density at radius 3 is 1.03 bits per heavy atom. The summed E-state index contributed by atoms with van der Waals surface area (Å²) in [5.74, 6) is 4.95. The van der Waals surface area contributed by atoms with E-state index in [1.807, 2.05) is 5.43 Å². The summed E-state index contributed by atoms with van der Waals surface area (Å²) in [7, 11) is 0. The van der Waals surface area contributed by atoms with Crippen molar-refractivity contribution in [3.8, 4) is 0 Å². The molecule has 3 N–H and O–H groups in total. The number of nitrogens with two attached hydrogens (primary N) is 1. The van der Waals surface area contributed by atoms with Crippen LogP contribution in [0.2, 0.25) is 0 Å². The first-order chi connectivity index (χ1) is 15.3. The van der Waals surface area contributed by atoms with E-state index in [0.29, 0.717) is 6.61 Å². The molecule has 0 unspecified atom stereocenters. The lowest BCUT2D eigenvalue weighted by atomic mass is 10.0. The third-order valence-electron chi connectivity index (χ3n) is 6.35. The van der Waals surface area contributed by atoms with Gasteiger partial charge in [0, 0.05) is 0 Å². The lowest BCUT2D eigenvalue weighted by Gasteiger charge is -2.05. The second kappa shape index (κ2) is 27.3. The van der Waals surface area contributed by atoms with E-state index >= 15 is 0 Å². The van der Waals surface area contributed by atoms with Crippen molar-refractivity contribution < 1.29 is 9.53 Å². The summed E-state index contributed by atoms with van der Waals surface area (Å²) in [4.78, 5) is 10.8. The highest BCUT2D eigenvalue weighted by Gasteiger charge is 1.98. The van der Waals surface area contributed by atoms with Crippen molar-refractivity contribution in [2.75, 3.05) is 6.61 Å². The van der Waals surface area contributed by atoms with Gasteiger partial charge < -0.3 is 4.74 Å². The Morgan fingerprint density at radius 2 is 0.774 bits per heavy atom. The number of unbranched alkanes of at least 4 members (excludes halogenated alkanes) is 23. The summed E-state index contributed by atoms with van der Waals surface area (Å²) in [6, 6.07) is 0. The quantitative estimate of drug-likeness (QED) is 0.0644. The standard InChI is InChI=1S/C27H56N2O2/c1-2-3-4-5-6-7-8-9-10-11-12-13-14-15-16-17-18-19-20-21-22-23-24-25-26-31-27(30)29-28/h2-26,28H2,1H3,(H,29,30). The molecule has 0 aliphatic rings. The third-order valence-corrected chi connectivity index (χ3v) is 6.35. The van der Waals surface area contributed by atoms with Crippen molar-refractivity contribution >= 4 is 6.09 Å². The zero-order valence-corrected chi connectivity index (χ0v) is 21.1. The average Bonchev–Trinajstić information content (AvgIpc) is 2.78. The number of rotatable bonds is 25. The zero-order valence-electron chi connectivity index (χ0n) is 21.1. The highest BCUT2D eigenvalue weighted by Crippen LogP contribution is 2.15. The van der Waals surface area contributed by atoms with Gasteiger partial charge in [0.25, 0.3) is 0 Å². The molecule has 0 atom stereocenters. The van der Waals surface area contributed by atoms with Gasteiger partial charge in [0.05, 0.1) is 6.61 Å². The van der Waals surface area contributed by atoms with E-state index in [1.165, 1.54) is 141 Å². The molecule has 0 aliphatic carbocycles. The molecule has 0 aromatic carbocycles. The summed E-state index contributed by atoms with van der Waals surface area (Å²) >= 11 is 0. The number of hydrazine groups is 1. The molecule has 31 heavy (non-hydrogen) atoms. The van der Waals surface area contributed by atoms with Crippen LogP contribution in [-0.4, -0.2) is 12.7 Å². The van der Waals surface area contributed by atoms with Gasteiger partial charge in [-0.05, 0) is 6.42 Å². The maximum absolute atomic E-state index is 10.8. The largest absolute Gasteiger partial charge is 0.449 e. The number of amides is 1. The van der Waals surface area contributed by atoms with Crippen LogP contribution in [0, 0.1) is 0 Å². The van der Waals surface area contributed by atoms with Gasteiger partial charge in [0.1, 0.15) is 0 Å². The molecule has 0 heterocycles. The first-order valence-corrected chi connectivity index (χ1v) is 13.9. The molecule has 4 nitrogen and oxygen atoms in total. The fourth-order valence-electron chi connectivity index (χ4n) is 4.27. The minimum absolute atomic E-state index is 0.474. The Morgan fingerprint density at radius 1 is 0.516 bits per heavy atom. The summed E-state index contributed by atoms with van der Waals surface area (Å²) in [6.45, 7) is 2.77. The molecule has 0 spiro atoms. The highest BCUT2D eigenvalue weighted by atomic mass is 16.5. The van der Waals surface area contributed by atoms with Gasteiger partial charge in [-0.25, -0.2) is 10.6 Å². The van der Waals surface area contributed by atoms with E-state index in [-0.39, 0.29) is 0 Å². The predicted octanol–water partition coefficient (Wildman–Crippen LogP) is 8.97. The Kier molecular flexibility index (Phi) is 26.6. The predicted molar refractivity (Wildman–Crippen MR) is 135 cm³/mol. The van der Waals surface area contributed by atoms with Gasteiger partial charge >= 0.3 is 6.09 Å². The van der Waals surface area contributed by atoms with Crippen molar-refractivity contribution in [1.82, 2.24) is 5.43 Å². The summed E-state index contributed by atoms with van der Waals surface area (Å²) < 4.78 is 4.87. The number of carbonyl (C=O) groups excluding carboxylic acids is 1. The van der Waals surface area contributed by atoms with Crippen molar-refractivity contribution in [1.29, 1.82) is 0 Å². The Hall–Kier alpha value is -0.770. The van der Waals surface area contributed by atoms with Crippen molar-refractivity contribution in [2.24, 2.45) is 5.84 Å². The van der Waals surface area contributed by atoms with Crippen LogP contribution < -0.4 is 11.3 Å². The molecule has 0 saturated carbocycles. The van der Waals surface area contributed by atoms with Gasteiger partial charge in [-0.3, -0.25) is 5.43 Å². The Labute approximate surface area is 194 Å². The maximum atomic E-state index is 10.8. The first kappa shape index (κ1) is 30.2. The van der Waals surface area contributed by atoms with Crippen molar-refractivity contribution in [3.63, 3.8) is 0 Å². The van der Waals surface area contributed by atoms with Gasteiger partial charge in [0.15, 0.2) is 0 Å². The number of carbonyl (C=O) groups is 1. The molecule has 0 aromatic heterocycles. The SMILES string of the molecule is CCCCCCCCCCCCCCCCCCCCCCCCCCOC(=O)NN. The van der Waals surface area contributed by atoms with E-state index in [1.54, 1.807) is 0 Å². The van der Waals surface area contributed by atoms with E-state index in [0.717, 1.165) is 12.8 Å². The first-order valence-electron chi connectivity index (χ1n) is 13.9. The van der Waals surface area contributed by atoms with Crippen LogP contribution in [0.5, 0.6) is 0 Å². The molecular weight excluding hydrogens is 384 g/mol. The molecule has 0 aliphatic heterocycles. The van der Waals surface area contributed by atoms with Crippen molar-refractivity contribution in [2.45, 2.75) is 161 Å². The Bertz CT molecular complexity index is 350. The molecule has 4 heteroatoms. The summed E-state index contributed by atoms with van der Waals surface area (Å²) in [6.07, 6.45) is 32.8. The molecule has 186 valence electrons. The van der Waals surface area contributed by atoms with E-state index in [9.17, 15) is 4.79 Å². The summed E-state index contributed by atoms with van der Waals surface area (Å²) in [5, 5.41) is 0. The van der Waals surface area contributed by atoms with Gasteiger partial charge in [-0.1, -0.05) is 155 Å². The number of nitrogens with one attached hydrogen (secondary N) is 1. The smallest absolute Gasteiger partial charge is 0.421 e. The summed E-state index contributed by atoms with van der Waals surface area (Å²) in [5.41, 5.74) is 1.97. The molecule has 0 saturated heterocycles. The van der Waals surface area contributed by atoms with Crippen LogP contribution in [0.25, 0.3) is 0 Å². The van der Waals surface area contributed by atoms with Crippen LogP contribution >= 0.6 is 0 Å². The zero-order chi connectivity index (χ0) is 22.7. The van der Waals surface area contributed by atoms with Crippen LogP contribution in [-0.2, 0) is 4.74 Å². The van der Waals surface area contributed by atoms with E-state index < -0.39 is 6.09 Å². The fourth-order valence-corrected chi connectivity index (χ4v) is 4.27. The normalized spacial score (nSPS) is 11.0. The van der Waals surface area contributed by atoms with Gasteiger partial charge in [-0.15, -0.1) is 0 Å². The fraction of sp³-hybridized carbons (Fsp3) is 0.963. The van der Waals surface area contributed by atoms with Crippen LogP contribution in [0.1, 0.15) is 161 Å². The second-order valence-electron chi connectivity index (χ2n) is 9.41. The third kappa shape index (κ3) is 27.2. The number of hydrogen-bond donors (Lipinski definition) is 2. The molecule has 0 bridgehead atoms. The lowest BCUT2D eigenvalue weighted by Crippen LogP contribution is -2.30. The lowest BCUT2D eigenvalue weighted by molar-refractivity contribution is 0.144. The van der Waals surface area contributed by atoms with Crippen LogP contribution in [0.3, 0.4) is 0 Å². The monoisotopic (exact) mass is 440 g/mol. The molecule has 1 amide bonds. The van der Waals surface area contributed by atoms with E-state index in [2.05, 4.69) is 6.92 Å². The highest BCUT2D eigenvalue weighted by molar-refractivity contribution is 5.66. The molecule has 0 aromatic rings.